The van der Waals surface area contributed by atoms with Crippen LogP contribution in [-0.4, -0.2) is 36.0 Å². The van der Waals surface area contributed by atoms with E-state index < -0.39 is 0 Å². The van der Waals surface area contributed by atoms with E-state index in [-0.39, 0.29) is 24.0 Å². The summed E-state index contributed by atoms with van der Waals surface area (Å²) in [7, 11) is 0. The summed E-state index contributed by atoms with van der Waals surface area (Å²) in [5.74, 6) is 0. The summed E-state index contributed by atoms with van der Waals surface area (Å²) >= 11 is 0.866. The molecule has 1 aliphatic rings. The van der Waals surface area contributed by atoms with Crippen molar-refractivity contribution in [2.45, 2.75) is 6.92 Å². The average molecular weight is 558 g/mol. The van der Waals surface area contributed by atoms with Crippen LogP contribution in [0.3, 0.4) is 0 Å². The molecule has 0 saturated carbocycles. The zero-order valence-corrected chi connectivity index (χ0v) is 18.8. The number of allylic oxidation sites excluding steroid dienone is 2. The van der Waals surface area contributed by atoms with Gasteiger partial charge in [-0.25, -0.2) is 0 Å². The van der Waals surface area contributed by atoms with Gasteiger partial charge >= 0.3 is 149 Å². The van der Waals surface area contributed by atoms with Crippen molar-refractivity contribution >= 4 is 55.6 Å². The predicted octanol–water partition coefficient (Wildman–Crippen LogP) is -0.630. The Hall–Kier alpha value is -0.841. The SMILES string of the molecule is CCN1C(=CC=C[n+]2c[se]c3ccccc32)[Se]c2ccccc21.[I-]. The van der Waals surface area contributed by atoms with Gasteiger partial charge in [0, 0.05) is 0 Å². The molecule has 2 aromatic carbocycles. The normalized spacial score (nSPS) is 15.2. The molecule has 0 fully saturated rings. The Kier molecular flexibility index (Phi) is 6.01. The van der Waals surface area contributed by atoms with Gasteiger partial charge in [0.1, 0.15) is 0 Å². The number of aromatic nitrogens is 1. The van der Waals surface area contributed by atoms with Crippen LogP contribution in [0.15, 0.2) is 70.3 Å². The molecule has 0 atom stereocenters. The second kappa shape index (κ2) is 8.03. The zero-order valence-electron chi connectivity index (χ0n) is 13.2. The molecular formula is C19H17IN2Se2. The van der Waals surface area contributed by atoms with Crippen LogP contribution in [0.4, 0.5) is 5.69 Å². The maximum Gasteiger partial charge on any atom is -1.00 e. The molecule has 1 aliphatic heterocycles. The fraction of sp³-hybridized carbons (Fsp3) is 0.105. The number of anilines is 1. The van der Waals surface area contributed by atoms with Gasteiger partial charge in [0.2, 0.25) is 0 Å². The predicted molar refractivity (Wildman–Crippen MR) is 99.3 cm³/mol. The Labute approximate surface area is 171 Å². The van der Waals surface area contributed by atoms with Crippen molar-refractivity contribution in [1.29, 1.82) is 0 Å². The van der Waals surface area contributed by atoms with E-state index in [4.69, 9.17) is 0 Å². The minimum atomic E-state index is 0. The molecule has 4 rings (SSSR count). The monoisotopic (exact) mass is 560 g/mol. The Morgan fingerprint density at radius 1 is 1.08 bits per heavy atom. The van der Waals surface area contributed by atoms with Crippen LogP contribution in [0, 0.1) is 0 Å². The van der Waals surface area contributed by atoms with Crippen LogP contribution in [-0.2, 0) is 0 Å². The van der Waals surface area contributed by atoms with E-state index in [1.807, 2.05) is 0 Å². The molecule has 2 heterocycles. The Morgan fingerprint density at radius 3 is 2.75 bits per heavy atom. The quantitative estimate of drug-likeness (QED) is 0.236. The number of para-hydroxylation sites is 2. The van der Waals surface area contributed by atoms with Gasteiger partial charge in [-0.15, -0.1) is 0 Å². The fourth-order valence-corrected chi connectivity index (χ4v) is 6.98. The summed E-state index contributed by atoms with van der Waals surface area (Å²) in [6.45, 7) is 3.25. The number of benzene rings is 2. The summed E-state index contributed by atoms with van der Waals surface area (Å²) in [5, 5.41) is 2.30. The zero-order chi connectivity index (χ0) is 15.6. The largest absolute Gasteiger partial charge is 1.00 e. The maximum atomic E-state index is 2.44. The summed E-state index contributed by atoms with van der Waals surface area (Å²) in [5.41, 5.74) is 2.71. The molecule has 0 amide bonds. The van der Waals surface area contributed by atoms with Crippen molar-refractivity contribution in [3.63, 3.8) is 0 Å². The van der Waals surface area contributed by atoms with Gasteiger partial charge < -0.3 is 24.0 Å². The van der Waals surface area contributed by atoms with Gasteiger partial charge in [-0.1, -0.05) is 0 Å². The topological polar surface area (TPSA) is 7.12 Å². The third kappa shape index (κ3) is 3.42. The van der Waals surface area contributed by atoms with Crippen molar-refractivity contribution in [1.82, 2.24) is 0 Å². The van der Waals surface area contributed by atoms with E-state index in [1.54, 1.807) is 0 Å². The first-order chi connectivity index (χ1) is 11.4. The number of rotatable bonds is 3. The van der Waals surface area contributed by atoms with Gasteiger partial charge in [-0.05, 0) is 0 Å². The summed E-state index contributed by atoms with van der Waals surface area (Å²) in [6, 6.07) is 17.4. The van der Waals surface area contributed by atoms with Gasteiger partial charge in [0.25, 0.3) is 0 Å². The first-order valence-corrected chi connectivity index (χ1v) is 11.2. The Bertz CT molecular complexity index is 914. The molecule has 0 N–H and O–H groups in total. The molecule has 5 heteroatoms. The van der Waals surface area contributed by atoms with E-state index in [0.29, 0.717) is 29.5 Å². The standard InChI is InChI=1S/C19H17N2Se2.HI/c1-2-21-16-9-4-6-11-18(16)23-19(21)12-7-13-20-14-22-17-10-5-3-8-15(17)20;/h3-14H,2H2,1H3;1H/q+1;/p-1. The molecule has 0 unspecified atom stereocenters. The minimum Gasteiger partial charge on any atom is -1.00 e. The van der Waals surface area contributed by atoms with Crippen molar-refractivity contribution in [3.8, 4) is 0 Å². The smallest absolute Gasteiger partial charge is 1.00 e. The van der Waals surface area contributed by atoms with Crippen LogP contribution in [0.25, 0.3) is 16.0 Å². The molecule has 3 aromatic rings. The number of fused-ring (bicyclic) bond motifs is 2. The van der Waals surface area contributed by atoms with Gasteiger partial charge in [0.05, 0.1) is 0 Å². The molecule has 0 radical (unpaired) electrons. The molecule has 0 aliphatic carbocycles. The van der Waals surface area contributed by atoms with Crippen LogP contribution in [0.5, 0.6) is 0 Å². The molecule has 122 valence electrons. The summed E-state index contributed by atoms with van der Waals surface area (Å²) in [6.07, 6.45) is 6.67. The molecule has 1 aromatic heterocycles. The number of hydrogen-bond donors (Lipinski definition) is 0. The summed E-state index contributed by atoms with van der Waals surface area (Å²) < 4.78 is 6.65. The molecular weight excluding hydrogens is 541 g/mol. The average Bonchev–Trinajstić information content (AvgIpc) is 3.16. The second-order valence-electron chi connectivity index (χ2n) is 5.26. The van der Waals surface area contributed by atoms with Crippen molar-refractivity contribution < 1.29 is 28.5 Å². The van der Waals surface area contributed by atoms with E-state index in [9.17, 15) is 0 Å². The second-order valence-corrected chi connectivity index (χ2v) is 9.35. The van der Waals surface area contributed by atoms with Gasteiger partial charge in [-0.2, -0.15) is 0 Å². The van der Waals surface area contributed by atoms with Crippen LogP contribution < -0.4 is 37.9 Å². The molecule has 24 heavy (non-hydrogen) atoms. The van der Waals surface area contributed by atoms with E-state index >= 15 is 0 Å². The first-order valence-electron chi connectivity index (χ1n) is 7.67. The molecule has 0 saturated heterocycles. The summed E-state index contributed by atoms with van der Waals surface area (Å²) in [4.78, 5) is 2.44. The number of nitrogens with zero attached hydrogens (tertiary/aromatic N) is 2. The van der Waals surface area contributed by atoms with E-state index in [1.165, 1.54) is 24.5 Å². The fourth-order valence-electron chi connectivity index (χ4n) is 2.78. The molecule has 0 spiro atoms. The molecule has 2 nitrogen and oxygen atoms in total. The first kappa shape index (κ1) is 18.0. The third-order valence-electron chi connectivity index (χ3n) is 3.87. The van der Waals surface area contributed by atoms with Crippen LogP contribution >= 0.6 is 0 Å². The number of hydrogen-bond acceptors (Lipinski definition) is 1. The maximum absolute atomic E-state index is 2.44. The van der Waals surface area contributed by atoms with Crippen LogP contribution in [0.2, 0.25) is 0 Å². The third-order valence-corrected chi connectivity index (χ3v) is 8.20. The minimum absolute atomic E-state index is 0. The number of halogens is 1. The van der Waals surface area contributed by atoms with E-state index in [2.05, 4.69) is 88.3 Å². The van der Waals surface area contributed by atoms with Crippen LogP contribution in [0.1, 0.15) is 6.92 Å². The van der Waals surface area contributed by atoms with E-state index in [0.717, 1.165) is 6.54 Å². The van der Waals surface area contributed by atoms with Crippen molar-refractivity contribution in [2.75, 3.05) is 11.4 Å². The molecule has 0 bridgehead atoms. The van der Waals surface area contributed by atoms with Gasteiger partial charge in [-0.3, -0.25) is 0 Å². The van der Waals surface area contributed by atoms with Crippen molar-refractivity contribution in [2.24, 2.45) is 0 Å². The van der Waals surface area contributed by atoms with Crippen molar-refractivity contribution in [3.05, 3.63) is 70.3 Å². The Morgan fingerprint density at radius 2 is 1.88 bits per heavy atom. The van der Waals surface area contributed by atoms with Gasteiger partial charge in [0.15, 0.2) is 0 Å². The Balaban J connectivity index is 0.00000169.